The van der Waals surface area contributed by atoms with Crippen LogP contribution in [0.1, 0.15) is 15.9 Å². The molecule has 0 aliphatic heterocycles. The molecule has 0 aliphatic carbocycles. The normalized spacial score (nSPS) is 10.5. The van der Waals surface area contributed by atoms with Crippen molar-refractivity contribution in [3.8, 4) is 0 Å². The molecule has 0 fully saturated rings. The van der Waals surface area contributed by atoms with Crippen LogP contribution in [0.2, 0.25) is 5.02 Å². The van der Waals surface area contributed by atoms with Crippen molar-refractivity contribution in [3.63, 3.8) is 0 Å². The molecule has 7 heteroatoms. The van der Waals surface area contributed by atoms with Gasteiger partial charge in [0.2, 0.25) is 0 Å². The molecule has 21 heavy (non-hydrogen) atoms. The molecule has 2 aromatic rings. The van der Waals surface area contributed by atoms with Crippen LogP contribution in [0.25, 0.3) is 0 Å². The molecular formula is C14H10ClN3O3. The summed E-state index contributed by atoms with van der Waals surface area (Å²) in [6.07, 6.45) is 1.40. The van der Waals surface area contributed by atoms with Crippen molar-refractivity contribution in [2.45, 2.75) is 0 Å². The zero-order chi connectivity index (χ0) is 15.2. The lowest BCUT2D eigenvalue weighted by atomic mass is 10.2. The number of amides is 1. The monoisotopic (exact) mass is 303 g/mol. The minimum atomic E-state index is -0.483. The fourth-order valence-corrected chi connectivity index (χ4v) is 1.64. The number of non-ortho nitro benzene ring substituents is 1. The van der Waals surface area contributed by atoms with E-state index in [1.807, 2.05) is 0 Å². The molecule has 0 bridgehead atoms. The van der Waals surface area contributed by atoms with Gasteiger partial charge in [-0.05, 0) is 42.0 Å². The van der Waals surface area contributed by atoms with Gasteiger partial charge in [0.15, 0.2) is 0 Å². The lowest BCUT2D eigenvalue weighted by Gasteiger charge is -1.99. The molecular weight excluding hydrogens is 294 g/mol. The Kier molecular flexibility index (Phi) is 4.63. The maximum Gasteiger partial charge on any atom is 0.271 e. The van der Waals surface area contributed by atoms with E-state index in [2.05, 4.69) is 10.5 Å². The van der Waals surface area contributed by atoms with Gasteiger partial charge in [-0.1, -0.05) is 11.6 Å². The first-order valence-corrected chi connectivity index (χ1v) is 6.27. The third kappa shape index (κ3) is 4.12. The second-order valence-electron chi connectivity index (χ2n) is 4.05. The summed E-state index contributed by atoms with van der Waals surface area (Å²) in [5.41, 5.74) is 3.42. The zero-order valence-corrected chi connectivity index (χ0v) is 11.4. The van der Waals surface area contributed by atoms with Crippen LogP contribution in [0.3, 0.4) is 0 Å². The molecule has 106 valence electrons. The number of nitrogens with one attached hydrogen (secondary N) is 1. The number of carbonyl (C=O) groups is 1. The number of rotatable bonds is 4. The molecule has 0 saturated heterocycles. The van der Waals surface area contributed by atoms with E-state index in [0.717, 1.165) is 0 Å². The fraction of sp³-hybridized carbons (Fsp3) is 0. The highest BCUT2D eigenvalue weighted by Crippen LogP contribution is 2.11. The van der Waals surface area contributed by atoms with Gasteiger partial charge >= 0.3 is 0 Å². The largest absolute Gasteiger partial charge is 0.271 e. The van der Waals surface area contributed by atoms with Gasteiger partial charge < -0.3 is 0 Å². The first kappa shape index (κ1) is 14.7. The summed E-state index contributed by atoms with van der Waals surface area (Å²) in [5, 5.41) is 14.8. The van der Waals surface area contributed by atoms with Crippen LogP contribution in [0.4, 0.5) is 5.69 Å². The predicted octanol–water partition coefficient (Wildman–Crippen LogP) is 3.01. The Bertz CT molecular complexity index is 682. The number of halogens is 1. The minimum absolute atomic E-state index is 0.00245. The van der Waals surface area contributed by atoms with Gasteiger partial charge in [-0.2, -0.15) is 5.10 Å². The van der Waals surface area contributed by atoms with Crippen LogP contribution < -0.4 is 5.43 Å². The number of hydrogen-bond acceptors (Lipinski definition) is 4. The molecule has 2 rings (SSSR count). The molecule has 1 amide bonds. The van der Waals surface area contributed by atoms with E-state index >= 15 is 0 Å². The van der Waals surface area contributed by atoms with E-state index in [-0.39, 0.29) is 11.6 Å². The Hall–Kier alpha value is -2.73. The van der Waals surface area contributed by atoms with Crippen molar-refractivity contribution < 1.29 is 9.72 Å². The summed E-state index contributed by atoms with van der Waals surface area (Å²) in [6, 6.07) is 12.2. The summed E-state index contributed by atoms with van der Waals surface area (Å²) in [6.45, 7) is 0. The molecule has 0 unspecified atom stereocenters. The third-order valence-corrected chi connectivity index (χ3v) is 2.84. The number of nitro groups is 1. The molecule has 0 aromatic heterocycles. The maximum absolute atomic E-state index is 11.7. The molecule has 0 saturated carbocycles. The molecule has 0 aliphatic rings. The number of hydrazone groups is 1. The smallest absolute Gasteiger partial charge is 0.267 e. The average molecular weight is 304 g/mol. The van der Waals surface area contributed by atoms with E-state index in [0.29, 0.717) is 16.1 Å². The van der Waals surface area contributed by atoms with Crippen molar-refractivity contribution in [2.75, 3.05) is 0 Å². The molecule has 0 heterocycles. The summed E-state index contributed by atoms with van der Waals surface area (Å²) < 4.78 is 0. The number of nitro benzene ring substituents is 1. The molecule has 2 aromatic carbocycles. The second-order valence-corrected chi connectivity index (χ2v) is 4.49. The van der Waals surface area contributed by atoms with E-state index < -0.39 is 4.92 Å². The molecule has 1 N–H and O–H groups in total. The van der Waals surface area contributed by atoms with Crippen LogP contribution in [-0.4, -0.2) is 17.0 Å². The maximum atomic E-state index is 11.7. The van der Waals surface area contributed by atoms with Crippen LogP contribution in [0, 0.1) is 10.1 Å². The Morgan fingerprint density at radius 2 is 1.76 bits per heavy atom. The van der Waals surface area contributed by atoms with Crippen molar-refractivity contribution in [2.24, 2.45) is 5.10 Å². The highest BCUT2D eigenvalue weighted by atomic mass is 35.5. The van der Waals surface area contributed by atoms with Crippen LogP contribution in [0.5, 0.6) is 0 Å². The first-order valence-electron chi connectivity index (χ1n) is 5.90. The van der Waals surface area contributed by atoms with Gasteiger partial charge in [-0.15, -0.1) is 0 Å². The van der Waals surface area contributed by atoms with Crippen molar-refractivity contribution >= 4 is 29.4 Å². The highest BCUT2D eigenvalue weighted by Gasteiger charge is 2.04. The molecule has 0 spiro atoms. The summed E-state index contributed by atoms with van der Waals surface area (Å²) in [7, 11) is 0. The number of nitrogens with zero attached hydrogens (tertiary/aromatic N) is 2. The quantitative estimate of drug-likeness (QED) is 0.535. The first-order chi connectivity index (χ1) is 10.1. The van der Waals surface area contributed by atoms with Crippen molar-refractivity contribution in [3.05, 3.63) is 74.8 Å². The Morgan fingerprint density at radius 3 is 2.33 bits per heavy atom. The molecule has 0 radical (unpaired) electrons. The highest BCUT2D eigenvalue weighted by molar-refractivity contribution is 6.30. The Balaban J connectivity index is 1.97. The summed E-state index contributed by atoms with van der Waals surface area (Å²) >= 11 is 5.73. The Morgan fingerprint density at radius 1 is 1.14 bits per heavy atom. The van der Waals surface area contributed by atoms with E-state index in [4.69, 9.17) is 11.6 Å². The third-order valence-electron chi connectivity index (χ3n) is 2.59. The van der Waals surface area contributed by atoms with Gasteiger partial charge in [0.25, 0.3) is 11.6 Å². The fourth-order valence-electron chi connectivity index (χ4n) is 1.51. The van der Waals surface area contributed by atoms with E-state index in [1.165, 1.54) is 30.5 Å². The summed E-state index contributed by atoms with van der Waals surface area (Å²) in [4.78, 5) is 21.8. The van der Waals surface area contributed by atoms with Gasteiger partial charge in [-0.25, -0.2) is 5.43 Å². The minimum Gasteiger partial charge on any atom is -0.267 e. The van der Waals surface area contributed by atoms with Crippen molar-refractivity contribution in [1.29, 1.82) is 0 Å². The Labute approximate surface area is 125 Å². The summed E-state index contributed by atoms with van der Waals surface area (Å²) in [5.74, 6) is -0.371. The average Bonchev–Trinajstić information content (AvgIpc) is 2.48. The van der Waals surface area contributed by atoms with Gasteiger partial charge in [-0.3, -0.25) is 14.9 Å². The molecule has 6 nitrogen and oxygen atoms in total. The van der Waals surface area contributed by atoms with E-state index in [9.17, 15) is 14.9 Å². The standard InChI is InChI=1S/C14H10ClN3O3/c15-12-5-3-11(4-6-12)14(19)17-16-9-10-1-7-13(8-2-10)18(20)21/h1-9H,(H,17,19)/b16-9+. The van der Waals surface area contributed by atoms with E-state index in [1.54, 1.807) is 24.3 Å². The van der Waals surface area contributed by atoms with Gasteiger partial charge in [0.05, 0.1) is 11.1 Å². The lowest BCUT2D eigenvalue weighted by molar-refractivity contribution is -0.384. The van der Waals surface area contributed by atoms with Crippen LogP contribution in [0.15, 0.2) is 53.6 Å². The zero-order valence-electron chi connectivity index (χ0n) is 10.7. The van der Waals surface area contributed by atoms with Crippen molar-refractivity contribution in [1.82, 2.24) is 5.43 Å². The topological polar surface area (TPSA) is 84.6 Å². The number of benzene rings is 2. The van der Waals surface area contributed by atoms with Gasteiger partial charge in [0, 0.05) is 22.7 Å². The second kappa shape index (κ2) is 6.62. The lowest BCUT2D eigenvalue weighted by Crippen LogP contribution is -2.17. The number of carbonyl (C=O) groups excluding carboxylic acids is 1. The SMILES string of the molecule is O=C(N/N=C/c1ccc([N+](=O)[O-])cc1)c1ccc(Cl)cc1. The van der Waals surface area contributed by atoms with Crippen LogP contribution in [-0.2, 0) is 0 Å². The number of hydrogen-bond donors (Lipinski definition) is 1. The molecule has 0 atom stereocenters. The van der Waals surface area contributed by atoms with Gasteiger partial charge in [0.1, 0.15) is 0 Å². The predicted molar refractivity (Wildman–Crippen MR) is 79.6 cm³/mol. The van der Waals surface area contributed by atoms with Crippen LogP contribution >= 0.6 is 11.6 Å².